The van der Waals surface area contributed by atoms with Crippen LogP contribution in [0.4, 0.5) is 23.2 Å². The number of hydrogen-bond acceptors (Lipinski definition) is 4. The zero-order valence-electron chi connectivity index (χ0n) is 16.9. The summed E-state index contributed by atoms with van der Waals surface area (Å²) in [7, 11) is -2.30. The second kappa shape index (κ2) is 8.21. The van der Waals surface area contributed by atoms with Gasteiger partial charge in [-0.1, -0.05) is 36.4 Å². The molecule has 0 saturated carbocycles. The van der Waals surface area contributed by atoms with Crippen LogP contribution in [0, 0.1) is 5.82 Å². The van der Waals surface area contributed by atoms with Crippen LogP contribution < -0.4 is 5.32 Å². The third-order valence-corrected chi connectivity index (χ3v) is 7.16. The SMILES string of the molecule is Cn1cnc(S(=O)(=O)N2C[C@H](Nc3cccc(C(F)(F)F)c3F)[C@@H](c3ccccc3)C2)c1. The molecule has 3 aromatic rings. The second-order valence-corrected chi connectivity index (χ2v) is 9.52. The zero-order chi connectivity index (χ0) is 23.1. The van der Waals surface area contributed by atoms with Crippen LogP contribution in [-0.4, -0.2) is 41.4 Å². The lowest BCUT2D eigenvalue weighted by atomic mass is 9.94. The molecule has 1 fully saturated rings. The molecule has 1 saturated heterocycles. The topological polar surface area (TPSA) is 67.2 Å². The third kappa shape index (κ3) is 4.22. The lowest BCUT2D eigenvalue weighted by Crippen LogP contribution is -2.32. The van der Waals surface area contributed by atoms with Crippen LogP contribution in [-0.2, 0) is 23.2 Å². The third-order valence-electron chi connectivity index (χ3n) is 5.44. The van der Waals surface area contributed by atoms with Crippen molar-refractivity contribution in [2.45, 2.75) is 23.2 Å². The predicted octanol–water partition coefficient (Wildman–Crippen LogP) is 3.85. The molecule has 0 spiro atoms. The van der Waals surface area contributed by atoms with Gasteiger partial charge in [0.1, 0.15) is 0 Å². The molecule has 0 amide bonds. The van der Waals surface area contributed by atoms with E-state index in [9.17, 15) is 26.0 Å². The summed E-state index contributed by atoms with van der Waals surface area (Å²) in [4.78, 5) is 3.92. The molecular weight excluding hydrogens is 448 g/mol. The lowest BCUT2D eigenvalue weighted by Gasteiger charge is -2.22. The van der Waals surface area contributed by atoms with Crippen molar-refractivity contribution < 1.29 is 26.0 Å². The number of alkyl halides is 3. The molecule has 0 bridgehead atoms. The van der Waals surface area contributed by atoms with E-state index in [1.165, 1.54) is 27.5 Å². The van der Waals surface area contributed by atoms with Crippen molar-refractivity contribution in [3.63, 3.8) is 0 Å². The van der Waals surface area contributed by atoms with Crippen molar-refractivity contribution in [1.29, 1.82) is 0 Å². The van der Waals surface area contributed by atoms with E-state index in [2.05, 4.69) is 10.3 Å². The van der Waals surface area contributed by atoms with Gasteiger partial charge in [-0.3, -0.25) is 0 Å². The first-order valence-electron chi connectivity index (χ1n) is 9.72. The fourth-order valence-corrected chi connectivity index (χ4v) is 5.32. The Hall–Kier alpha value is -2.92. The largest absolute Gasteiger partial charge is 0.419 e. The van der Waals surface area contributed by atoms with Gasteiger partial charge in [-0.05, 0) is 17.7 Å². The Morgan fingerprint density at radius 1 is 1.06 bits per heavy atom. The number of aryl methyl sites for hydroxylation is 1. The predicted molar refractivity (Wildman–Crippen MR) is 110 cm³/mol. The van der Waals surface area contributed by atoms with E-state index < -0.39 is 39.5 Å². The Morgan fingerprint density at radius 3 is 2.41 bits per heavy atom. The van der Waals surface area contributed by atoms with Gasteiger partial charge in [-0.15, -0.1) is 0 Å². The molecule has 2 atom stereocenters. The van der Waals surface area contributed by atoms with Crippen LogP contribution in [0.2, 0.25) is 0 Å². The number of benzene rings is 2. The summed E-state index contributed by atoms with van der Waals surface area (Å²) in [5.41, 5.74) is -0.923. The van der Waals surface area contributed by atoms with Gasteiger partial charge in [0, 0.05) is 38.3 Å². The summed E-state index contributed by atoms with van der Waals surface area (Å²) in [6, 6.07) is 11.3. The van der Waals surface area contributed by atoms with E-state index >= 15 is 0 Å². The maximum atomic E-state index is 14.6. The first kappa shape index (κ1) is 22.3. The molecule has 11 heteroatoms. The summed E-state index contributed by atoms with van der Waals surface area (Å²) < 4.78 is 82.9. The molecule has 0 radical (unpaired) electrons. The molecular formula is C21H20F4N4O2S. The summed E-state index contributed by atoms with van der Waals surface area (Å²) >= 11 is 0. The Labute approximate surface area is 182 Å². The van der Waals surface area contributed by atoms with E-state index in [4.69, 9.17) is 0 Å². The maximum absolute atomic E-state index is 14.6. The number of nitrogens with zero attached hydrogens (tertiary/aromatic N) is 3. The minimum atomic E-state index is -4.84. The van der Waals surface area contributed by atoms with Gasteiger partial charge in [0.05, 0.1) is 17.6 Å². The molecule has 1 aliphatic rings. The van der Waals surface area contributed by atoms with Crippen LogP contribution in [0.3, 0.4) is 0 Å². The summed E-state index contributed by atoms with van der Waals surface area (Å²) in [6.07, 6.45) is -2.10. The van der Waals surface area contributed by atoms with E-state index in [0.717, 1.165) is 11.6 Å². The van der Waals surface area contributed by atoms with Crippen molar-refractivity contribution in [2.75, 3.05) is 18.4 Å². The molecule has 2 heterocycles. The van der Waals surface area contributed by atoms with Crippen LogP contribution >= 0.6 is 0 Å². The van der Waals surface area contributed by atoms with Gasteiger partial charge >= 0.3 is 6.18 Å². The maximum Gasteiger partial charge on any atom is 0.419 e. The quantitative estimate of drug-likeness (QED) is 0.578. The van der Waals surface area contributed by atoms with Crippen LogP contribution in [0.1, 0.15) is 17.0 Å². The van der Waals surface area contributed by atoms with Gasteiger partial charge in [-0.2, -0.15) is 17.5 Å². The molecule has 6 nitrogen and oxygen atoms in total. The summed E-state index contributed by atoms with van der Waals surface area (Å²) in [6.45, 7) is 0.00925. The molecule has 32 heavy (non-hydrogen) atoms. The molecule has 170 valence electrons. The molecule has 2 aromatic carbocycles. The second-order valence-electron chi connectivity index (χ2n) is 7.63. The van der Waals surface area contributed by atoms with Gasteiger partial charge in [0.2, 0.25) is 0 Å². The fraction of sp³-hybridized carbons (Fsp3) is 0.286. The number of anilines is 1. The van der Waals surface area contributed by atoms with Crippen molar-refractivity contribution in [1.82, 2.24) is 13.9 Å². The highest BCUT2D eigenvalue weighted by Gasteiger charge is 2.42. The van der Waals surface area contributed by atoms with Crippen molar-refractivity contribution in [3.05, 3.63) is 78.0 Å². The minimum absolute atomic E-state index is 0.0614. The number of hydrogen-bond donors (Lipinski definition) is 1. The van der Waals surface area contributed by atoms with Gasteiger partial charge in [0.15, 0.2) is 10.8 Å². The highest BCUT2D eigenvalue weighted by molar-refractivity contribution is 7.89. The molecule has 0 unspecified atom stereocenters. The highest BCUT2D eigenvalue weighted by atomic mass is 32.2. The van der Waals surface area contributed by atoms with E-state index in [1.54, 1.807) is 37.4 Å². The zero-order valence-corrected chi connectivity index (χ0v) is 17.7. The standard InChI is InChI=1S/C21H20F4N4O2S/c1-28-12-19(26-13-28)32(30,31)29-10-15(14-6-3-2-4-7-14)18(11-29)27-17-9-5-8-16(20(17)22)21(23,24)25/h2-9,12-13,15,18,27H,10-11H2,1H3/t15-,18+/m1/s1. The average molecular weight is 468 g/mol. The first-order chi connectivity index (χ1) is 15.1. The average Bonchev–Trinajstić information content (AvgIpc) is 3.37. The van der Waals surface area contributed by atoms with Crippen LogP contribution in [0.5, 0.6) is 0 Å². The molecule has 1 aromatic heterocycles. The smallest absolute Gasteiger partial charge is 0.378 e. The van der Waals surface area contributed by atoms with Gasteiger partial charge in [-0.25, -0.2) is 17.8 Å². The number of aromatic nitrogens is 2. The minimum Gasteiger partial charge on any atom is -0.378 e. The Kier molecular flexibility index (Phi) is 5.72. The van der Waals surface area contributed by atoms with E-state index in [1.807, 2.05) is 0 Å². The van der Waals surface area contributed by atoms with Crippen LogP contribution in [0.25, 0.3) is 0 Å². The Bertz CT molecular complexity index is 1210. The molecule has 0 aliphatic carbocycles. The van der Waals surface area contributed by atoms with Gasteiger partial charge in [0.25, 0.3) is 10.0 Å². The monoisotopic (exact) mass is 468 g/mol. The molecule has 1 aliphatic heterocycles. The van der Waals surface area contributed by atoms with Crippen molar-refractivity contribution >= 4 is 15.7 Å². The fourth-order valence-electron chi connectivity index (χ4n) is 3.86. The van der Waals surface area contributed by atoms with Gasteiger partial charge < -0.3 is 9.88 Å². The number of halogens is 4. The summed E-state index contributed by atoms with van der Waals surface area (Å²) in [5.74, 6) is -1.83. The van der Waals surface area contributed by atoms with Crippen molar-refractivity contribution in [3.8, 4) is 0 Å². The first-order valence-corrected chi connectivity index (χ1v) is 11.2. The van der Waals surface area contributed by atoms with Crippen LogP contribution in [0.15, 0.2) is 66.1 Å². The van der Waals surface area contributed by atoms with E-state index in [-0.39, 0.29) is 23.8 Å². The Balaban J connectivity index is 1.68. The normalized spacial score (nSPS) is 19.9. The number of rotatable bonds is 5. The summed E-state index contributed by atoms with van der Waals surface area (Å²) in [5, 5.41) is 2.70. The Morgan fingerprint density at radius 2 is 1.78 bits per heavy atom. The van der Waals surface area contributed by atoms with Crippen molar-refractivity contribution in [2.24, 2.45) is 7.05 Å². The van der Waals surface area contributed by atoms with E-state index in [0.29, 0.717) is 6.07 Å². The highest BCUT2D eigenvalue weighted by Crippen LogP contribution is 2.37. The molecule has 1 N–H and O–H groups in total. The number of sulfonamides is 1. The lowest BCUT2D eigenvalue weighted by molar-refractivity contribution is -0.139. The number of imidazole rings is 1. The number of nitrogens with one attached hydrogen (secondary N) is 1. The molecule has 4 rings (SSSR count).